The van der Waals surface area contributed by atoms with E-state index in [1.165, 1.54) is 135 Å². The summed E-state index contributed by atoms with van der Waals surface area (Å²) < 4.78 is 11.1. The molecule has 0 saturated carbocycles. The third kappa shape index (κ3) is 29.7. The lowest BCUT2D eigenvalue weighted by atomic mass is 10.1. The Balaban J connectivity index is 3.42. The zero-order chi connectivity index (χ0) is 27.8. The molecular weight excluding hydrogens is 472 g/mol. The van der Waals surface area contributed by atoms with Gasteiger partial charge in [-0.2, -0.15) is 0 Å². The average molecular weight is 539 g/mol. The minimum atomic E-state index is -0.528. The molecule has 0 saturated heterocycles. The van der Waals surface area contributed by atoms with Crippen LogP contribution in [0, 0.1) is 0 Å². The second-order valence-electron chi connectivity index (χ2n) is 11.2. The Kier molecular flexibility index (Phi) is 31.6. The van der Waals surface area contributed by atoms with E-state index in [9.17, 15) is 9.90 Å². The number of esters is 1. The Labute approximate surface area is 237 Å². The number of rotatable bonds is 31. The molecule has 0 bridgehead atoms. The number of aliphatic hydroxyl groups is 1. The lowest BCUT2D eigenvalue weighted by Crippen LogP contribution is -2.27. The van der Waals surface area contributed by atoms with Crippen LogP contribution >= 0.6 is 0 Å². The summed E-state index contributed by atoms with van der Waals surface area (Å²) in [6.45, 7) is 5.33. The van der Waals surface area contributed by atoms with E-state index in [0.717, 1.165) is 19.3 Å². The molecule has 1 N–H and O–H groups in total. The van der Waals surface area contributed by atoms with Gasteiger partial charge in [0, 0.05) is 13.0 Å². The minimum Gasteiger partial charge on any atom is -0.457 e. The quantitative estimate of drug-likeness (QED) is 0.0542. The third-order valence-electron chi connectivity index (χ3n) is 7.34. The van der Waals surface area contributed by atoms with Crippen molar-refractivity contribution in [3.8, 4) is 0 Å². The van der Waals surface area contributed by atoms with Gasteiger partial charge in [-0.25, -0.2) is 0 Å². The van der Waals surface area contributed by atoms with Crippen LogP contribution in [0.2, 0.25) is 0 Å². The van der Waals surface area contributed by atoms with Crippen LogP contribution in [-0.2, 0) is 14.3 Å². The fraction of sp³-hybridized carbons (Fsp3) is 0.912. The summed E-state index contributed by atoms with van der Waals surface area (Å²) in [5.41, 5.74) is 0. The molecule has 0 heterocycles. The van der Waals surface area contributed by atoms with Gasteiger partial charge in [-0.05, 0) is 38.5 Å². The number of carbonyl (C=O) groups excluding carboxylic acids is 1. The zero-order valence-corrected chi connectivity index (χ0v) is 25.7. The molecule has 0 amide bonds. The third-order valence-corrected chi connectivity index (χ3v) is 7.34. The van der Waals surface area contributed by atoms with Gasteiger partial charge in [0.1, 0.15) is 6.10 Å². The maximum Gasteiger partial charge on any atom is 0.306 e. The summed E-state index contributed by atoms with van der Waals surface area (Å²) in [5, 5.41) is 9.50. The Morgan fingerprint density at radius 3 is 1.50 bits per heavy atom. The number of hydrogen-bond acceptors (Lipinski definition) is 4. The predicted octanol–water partition coefficient (Wildman–Crippen LogP) is 10.3. The van der Waals surface area contributed by atoms with Gasteiger partial charge in [0.2, 0.25) is 0 Å². The van der Waals surface area contributed by atoms with Crippen LogP contribution in [0.1, 0.15) is 174 Å². The van der Waals surface area contributed by atoms with Crippen molar-refractivity contribution >= 4 is 5.97 Å². The number of hydrogen-bond donors (Lipinski definition) is 1. The molecule has 38 heavy (non-hydrogen) atoms. The Morgan fingerprint density at radius 1 is 0.605 bits per heavy atom. The lowest BCUT2D eigenvalue weighted by Gasteiger charge is -2.15. The Bertz CT molecular complexity index is 491. The first-order chi connectivity index (χ1) is 18.7. The molecule has 0 aliphatic carbocycles. The lowest BCUT2D eigenvalue weighted by molar-refractivity contribution is -0.154. The van der Waals surface area contributed by atoms with Crippen molar-refractivity contribution in [2.45, 2.75) is 180 Å². The monoisotopic (exact) mass is 538 g/mol. The molecule has 1 atom stereocenters. The first-order valence-corrected chi connectivity index (χ1v) is 16.8. The number of ether oxygens (including phenoxy) is 2. The van der Waals surface area contributed by atoms with Gasteiger partial charge in [-0.1, -0.05) is 142 Å². The molecule has 0 spiro atoms. The van der Waals surface area contributed by atoms with E-state index < -0.39 is 6.10 Å². The van der Waals surface area contributed by atoms with E-state index in [0.29, 0.717) is 19.6 Å². The normalized spacial score (nSPS) is 12.4. The smallest absolute Gasteiger partial charge is 0.306 e. The first-order valence-electron chi connectivity index (χ1n) is 16.8. The van der Waals surface area contributed by atoms with E-state index in [4.69, 9.17) is 9.47 Å². The summed E-state index contributed by atoms with van der Waals surface area (Å²) >= 11 is 0. The molecule has 0 fully saturated rings. The van der Waals surface area contributed by atoms with Crippen molar-refractivity contribution in [1.82, 2.24) is 0 Å². The van der Waals surface area contributed by atoms with Crippen molar-refractivity contribution in [1.29, 1.82) is 0 Å². The Morgan fingerprint density at radius 2 is 1.03 bits per heavy atom. The van der Waals surface area contributed by atoms with E-state index in [2.05, 4.69) is 26.0 Å². The van der Waals surface area contributed by atoms with E-state index in [1.54, 1.807) is 0 Å². The highest BCUT2D eigenvalue weighted by Crippen LogP contribution is 2.13. The summed E-state index contributed by atoms with van der Waals surface area (Å²) in [5.74, 6) is -0.204. The van der Waals surface area contributed by atoms with Gasteiger partial charge < -0.3 is 14.6 Å². The summed E-state index contributed by atoms with van der Waals surface area (Å²) in [4.78, 5) is 12.0. The maximum absolute atomic E-state index is 12.0. The molecule has 0 aliphatic heterocycles. The highest BCUT2D eigenvalue weighted by molar-refractivity contribution is 5.69. The van der Waals surface area contributed by atoms with Crippen molar-refractivity contribution in [3.63, 3.8) is 0 Å². The molecule has 1 unspecified atom stereocenters. The first kappa shape index (κ1) is 37.1. The van der Waals surface area contributed by atoms with Crippen LogP contribution in [0.15, 0.2) is 12.2 Å². The molecule has 0 radical (unpaired) electrons. The minimum absolute atomic E-state index is 0.169. The fourth-order valence-electron chi connectivity index (χ4n) is 4.79. The van der Waals surface area contributed by atoms with Crippen molar-refractivity contribution < 1.29 is 19.4 Å². The van der Waals surface area contributed by atoms with Crippen LogP contribution in [0.25, 0.3) is 0 Å². The van der Waals surface area contributed by atoms with Crippen LogP contribution < -0.4 is 0 Å². The molecule has 0 aromatic rings. The van der Waals surface area contributed by atoms with E-state index in [-0.39, 0.29) is 12.6 Å². The Hall–Kier alpha value is -0.870. The number of carbonyl (C=O) groups is 1. The van der Waals surface area contributed by atoms with Gasteiger partial charge in [-0.3, -0.25) is 4.79 Å². The van der Waals surface area contributed by atoms with Gasteiger partial charge in [0.25, 0.3) is 0 Å². The van der Waals surface area contributed by atoms with Crippen molar-refractivity contribution in [2.24, 2.45) is 0 Å². The molecular formula is C34H66O4. The fourth-order valence-corrected chi connectivity index (χ4v) is 4.79. The molecule has 0 aliphatic rings. The molecule has 4 nitrogen and oxygen atoms in total. The zero-order valence-electron chi connectivity index (χ0n) is 25.7. The van der Waals surface area contributed by atoms with E-state index >= 15 is 0 Å². The number of allylic oxidation sites excluding steroid dienone is 2. The topological polar surface area (TPSA) is 55.8 Å². The molecule has 4 heteroatoms. The molecule has 0 aromatic carbocycles. The molecule has 0 rings (SSSR count). The van der Waals surface area contributed by atoms with Crippen LogP contribution in [-0.4, -0.2) is 37.0 Å². The van der Waals surface area contributed by atoms with Crippen LogP contribution in [0.5, 0.6) is 0 Å². The molecule has 0 aromatic heterocycles. The highest BCUT2D eigenvalue weighted by atomic mass is 16.6. The predicted molar refractivity (Wildman–Crippen MR) is 164 cm³/mol. The second-order valence-corrected chi connectivity index (χ2v) is 11.2. The summed E-state index contributed by atoms with van der Waals surface area (Å²) in [6.07, 6.45) is 35.3. The maximum atomic E-state index is 12.0. The summed E-state index contributed by atoms with van der Waals surface area (Å²) in [7, 11) is 0. The van der Waals surface area contributed by atoms with E-state index in [1.807, 2.05) is 0 Å². The average Bonchev–Trinajstić information content (AvgIpc) is 2.92. The van der Waals surface area contributed by atoms with Gasteiger partial charge in [0.15, 0.2) is 0 Å². The standard InChI is InChI=1S/C34H66O4/c1-3-5-7-9-11-13-15-16-17-18-19-20-22-24-26-28-30-37-32-33(31-35)38-34(36)29-27-25-23-21-14-12-10-8-6-4-2/h16-17,33,35H,3-15,18-32H2,1-2H3/b17-16-. The van der Waals surface area contributed by atoms with Gasteiger partial charge >= 0.3 is 5.97 Å². The van der Waals surface area contributed by atoms with Crippen LogP contribution in [0.3, 0.4) is 0 Å². The van der Waals surface area contributed by atoms with Crippen molar-refractivity contribution in [3.05, 3.63) is 12.2 Å². The van der Waals surface area contributed by atoms with Gasteiger partial charge in [0.05, 0.1) is 13.2 Å². The van der Waals surface area contributed by atoms with Crippen LogP contribution in [0.4, 0.5) is 0 Å². The van der Waals surface area contributed by atoms with Gasteiger partial charge in [-0.15, -0.1) is 0 Å². The summed E-state index contributed by atoms with van der Waals surface area (Å²) in [6, 6.07) is 0. The SMILES string of the molecule is CCCCCCCC/C=C\CCCCCCCCOCC(CO)OC(=O)CCCCCCCCCCCC. The molecule has 226 valence electrons. The number of unbranched alkanes of at least 4 members (excludes halogenated alkanes) is 21. The number of aliphatic hydroxyl groups excluding tert-OH is 1. The second kappa shape index (κ2) is 32.3. The van der Waals surface area contributed by atoms with Crippen molar-refractivity contribution in [2.75, 3.05) is 19.8 Å². The highest BCUT2D eigenvalue weighted by Gasteiger charge is 2.13. The largest absolute Gasteiger partial charge is 0.457 e.